The molecule has 1 aromatic carbocycles. The highest BCUT2D eigenvalue weighted by atomic mass is 16.3. The number of benzene rings is 1. The van der Waals surface area contributed by atoms with Gasteiger partial charge in [0.05, 0.1) is 5.56 Å². The molecule has 1 aliphatic heterocycles. The maximum atomic E-state index is 11.9. The highest BCUT2D eigenvalue weighted by Crippen LogP contribution is 2.24. The third kappa shape index (κ3) is 1.88. The summed E-state index contributed by atoms with van der Waals surface area (Å²) < 4.78 is 0. The van der Waals surface area contributed by atoms with Gasteiger partial charge in [0.25, 0.3) is 5.91 Å². The molecule has 2 N–H and O–H groups in total. The third-order valence-electron chi connectivity index (χ3n) is 2.60. The van der Waals surface area contributed by atoms with Gasteiger partial charge in [0.2, 0.25) is 0 Å². The molecule has 0 saturated carbocycles. The number of hydrogen-bond acceptors (Lipinski definition) is 3. The van der Waals surface area contributed by atoms with E-state index in [2.05, 4.69) is 0 Å². The number of hydrogen-bond donors (Lipinski definition) is 2. The van der Waals surface area contributed by atoms with E-state index in [9.17, 15) is 9.90 Å². The number of phenolic OH excluding ortho intramolecular Hbond substituents is 2. The molecule has 0 unspecified atom stereocenters. The van der Waals surface area contributed by atoms with Gasteiger partial charge < -0.3 is 15.1 Å². The minimum absolute atomic E-state index is 0.0366. The Bertz CT molecular complexity index is 383. The van der Waals surface area contributed by atoms with Gasteiger partial charge in [-0.3, -0.25) is 4.79 Å². The Hall–Kier alpha value is -1.71. The third-order valence-corrected chi connectivity index (χ3v) is 2.60. The zero-order valence-corrected chi connectivity index (χ0v) is 8.31. The molecule has 1 amide bonds. The van der Waals surface area contributed by atoms with Crippen LogP contribution in [0.5, 0.6) is 11.5 Å². The van der Waals surface area contributed by atoms with Crippen LogP contribution in [0.4, 0.5) is 0 Å². The Morgan fingerprint density at radius 3 is 2.47 bits per heavy atom. The second-order valence-electron chi connectivity index (χ2n) is 3.70. The Morgan fingerprint density at radius 1 is 1.20 bits per heavy atom. The lowest BCUT2D eigenvalue weighted by molar-refractivity contribution is 0.0790. The quantitative estimate of drug-likeness (QED) is 0.730. The summed E-state index contributed by atoms with van der Waals surface area (Å²) in [5.74, 6) is -0.359. The predicted octanol–water partition coefficient (Wildman–Crippen LogP) is 1.33. The molecule has 1 heterocycles. The van der Waals surface area contributed by atoms with Crippen LogP contribution in [0, 0.1) is 0 Å². The highest BCUT2D eigenvalue weighted by Gasteiger charge is 2.21. The van der Waals surface area contributed by atoms with Gasteiger partial charge in [-0.25, -0.2) is 0 Å². The van der Waals surface area contributed by atoms with Gasteiger partial charge in [0, 0.05) is 19.2 Å². The Balaban J connectivity index is 2.24. The van der Waals surface area contributed by atoms with Gasteiger partial charge in [-0.15, -0.1) is 0 Å². The molecule has 4 heteroatoms. The molecule has 1 fully saturated rings. The fourth-order valence-electron chi connectivity index (χ4n) is 1.79. The summed E-state index contributed by atoms with van der Waals surface area (Å²) in [6, 6.07) is 4.04. The number of carbonyl (C=O) groups excluding carboxylic acids is 1. The van der Waals surface area contributed by atoms with Gasteiger partial charge in [0.1, 0.15) is 11.5 Å². The zero-order valence-electron chi connectivity index (χ0n) is 8.31. The Labute approximate surface area is 87.8 Å². The molecule has 4 nitrogen and oxygen atoms in total. The number of nitrogens with zero attached hydrogens (tertiary/aromatic N) is 1. The van der Waals surface area contributed by atoms with Crippen molar-refractivity contribution in [2.75, 3.05) is 13.1 Å². The van der Waals surface area contributed by atoms with E-state index < -0.39 is 0 Å². The molecule has 0 radical (unpaired) electrons. The molecule has 0 aliphatic carbocycles. The molecule has 1 aliphatic rings. The van der Waals surface area contributed by atoms with E-state index in [0.29, 0.717) is 0 Å². The van der Waals surface area contributed by atoms with E-state index >= 15 is 0 Å². The number of amides is 1. The molecular formula is C11H13NO3. The lowest BCUT2D eigenvalue weighted by Crippen LogP contribution is -2.27. The van der Waals surface area contributed by atoms with Crippen LogP contribution >= 0.6 is 0 Å². The first-order valence-corrected chi connectivity index (χ1v) is 5.00. The van der Waals surface area contributed by atoms with Gasteiger partial charge in [0.15, 0.2) is 0 Å². The van der Waals surface area contributed by atoms with Gasteiger partial charge in [-0.05, 0) is 25.0 Å². The minimum Gasteiger partial charge on any atom is -0.508 e. The molecule has 2 rings (SSSR count). The number of likely N-dealkylation sites (tertiary alicyclic amines) is 1. The normalized spacial score (nSPS) is 15.6. The van der Waals surface area contributed by atoms with Crippen molar-refractivity contribution in [1.29, 1.82) is 0 Å². The first-order chi connectivity index (χ1) is 7.18. The smallest absolute Gasteiger partial charge is 0.257 e. The van der Waals surface area contributed by atoms with E-state index in [1.54, 1.807) is 4.90 Å². The van der Waals surface area contributed by atoms with Crippen LogP contribution < -0.4 is 0 Å². The molecule has 15 heavy (non-hydrogen) atoms. The van der Waals surface area contributed by atoms with E-state index in [1.807, 2.05) is 0 Å². The van der Waals surface area contributed by atoms with Crippen molar-refractivity contribution in [3.8, 4) is 11.5 Å². The monoisotopic (exact) mass is 207 g/mol. The fraction of sp³-hybridized carbons (Fsp3) is 0.364. The number of aromatic hydroxyl groups is 2. The maximum absolute atomic E-state index is 11.9. The molecule has 1 saturated heterocycles. The van der Waals surface area contributed by atoms with Crippen LogP contribution in [0.15, 0.2) is 18.2 Å². The van der Waals surface area contributed by atoms with Gasteiger partial charge in [-0.1, -0.05) is 0 Å². The van der Waals surface area contributed by atoms with E-state index in [1.165, 1.54) is 18.2 Å². The second kappa shape index (κ2) is 3.81. The second-order valence-corrected chi connectivity index (χ2v) is 3.70. The fourth-order valence-corrected chi connectivity index (χ4v) is 1.79. The summed E-state index contributed by atoms with van der Waals surface area (Å²) in [4.78, 5) is 13.6. The van der Waals surface area contributed by atoms with Crippen molar-refractivity contribution in [3.05, 3.63) is 23.8 Å². The van der Waals surface area contributed by atoms with E-state index in [-0.39, 0.29) is 23.0 Å². The standard InChI is InChI=1S/C11H13NO3/c13-8-3-4-9(10(14)7-8)11(15)12-5-1-2-6-12/h3-4,7,13-14H,1-2,5-6H2. The van der Waals surface area contributed by atoms with Crippen LogP contribution in [0.2, 0.25) is 0 Å². The molecule has 0 spiro atoms. The van der Waals surface area contributed by atoms with E-state index in [0.717, 1.165) is 25.9 Å². The molecule has 0 aromatic heterocycles. The molecule has 1 aromatic rings. The number of phenols is 2. The SMILES string of the molecule is O=C(c1ccc(O)cc1O)N1CCCC1. The van der Waals surface area contributed by atoms with Gasteiger partial charge >= 0.3 is 0 Å². The first-order valence-electron chi connectivity index (χ1n) is 5.00. The maximum Gasteiger partial charge on any atom is 0.257 e. The van der Waals surface area contributed by atoms with Crippen LogP contribution in [0.25, 0.3) is 0 Å². The van der Waals surface area contributed by atoms with Crippen molar-refractivity contribution in [3.63, 3.8) is 0 Å². The van der Waals surface area contributed by atoms with Crippen molar-refractivity contribution in [2.24, 2.45) is 0 Å². The summed E-state index contributed by atoms with van der Waals surface area (Å²) in [5, 5.41) is 18.6. The average Bonchev–Trinajstić information content (AvgIpc) is 2.69. The van der Waals surface area contributed by atoms with Crippen LogP contribution in [-0.2, 0) is 0 Å². The van der Waals surface area contributed by atoms with Crippen molar-refractivity contribution >= 4 is 5.91 Å². The van der Waals surface area contributed by atoms with Crippen LogP contribution in [0.1, 0.15) is 23.2 Å². The van der Waals surface area contributed by atoms with E-state index in [4.69, 9.17) is 5.11 Å². The van der Waals surface area contributed by atoms with Crippen molar-refractivity contribution < 1.29 is 15.0 Å². The summed E-state index contributed by atoms with van der Waals surface area (Å²) >= 11 is 0. The lowest BCUT2D eigenvalue weighted by atomic mass is 10.1. The molecule has 80 valence electrons. The Kier molecular flexibility index (Phi) is 2.49. The summed E-state index contributed by atoms with van der Waals surface area (Å²) in [6.07, 6.45) is 2.04. The van der Waals surface area contributed by atoms with Crippen LogP contribution in [0.3, 0.4) is 0 Å². The minimum atomic E-state index is -0.162. The Morgan fingerprint density at radius 2 is 1.87 bits per heavy atom. The average molecular weight is 207 g/mol. The summed E-state index contributed by atoms with van der Waals surface area (Å²) in [5.41, 5.74) is 0.259. The van der Waals surface area contributed by atoms with Gasteiger partial charge in [-0.2, -0.15) is 0 Å². The predicted molar refractivity (Wildman–Crippen MR) is 54.9 cm³/mol. The van der Waals surface area contributed by atoms with Crippen molar-refractivity contribution in [2.45, 2.75) is 12.8 Å². The molecule has 0 atom stereocenters. The highest BCUT2D eigenvalue weighted by molar-refractivity contribution is 5.97. The largest absolute Gasteiger partial charge is 0.508 e. The lowest BCUT2D eigenvalue weighted by Gasteiger charge is -2.15. The van der Waals surface area contributed by atoms with Crippen LogP contribution in [-0.4, -0.2) is 34.1 Å². The first kappa shape index (κ1) is 9.83. The summed E-state index contributed by atoms with van der Waals surface area (Å²) in [6.45, 7) is 1.50. The zero-order chi connectivity index (χ0) is 10.8. The topological polar surface area (TPSA) is 60.8 Å². The molecular weight excluding hydrogens is 194 g/mol. The van der Waals surface area contributed by atoms with Crippen molar-refractivity contribution in [1.82, 2.24) is 4.90 Å². The number of carbonyl (C=O) groups is 1. The number of rotatable bonds is 1. The summed E-state index contributed by atoms with van der Waals surface area (Å²) in [7, 11) is 0. The molecule has 0 bridgehead atoms.